The number of carbonyl (C=O) groups excluding carboxylic acids is 1. The van der Waals surface area contributed by atoms with Gasteiger partial charge in [0.25, 0.3) is 5.91 Å². The molecule has 0 radical (unpaired) electrons. The van der Waals surface area contributed by atoms with Gasteiger partial charge in [0.05, 0.1) is 11.6 Å². The van der Waals surface area contributed by atoms with E-state index < -0.39 is 0 Å². The van der Waals surface area contributed by atoms with Gasteiger partial charge < -0.3 is 4.90 Å². The largest absolute Gasteiger partial charge is 0.326 e. The Kier molecular flexibility index (Phi) is 4.83. The summed E-state index contributed by atoms with van der Waals surface area (Å²) in [6.45, 7) is 4.93. The fourth-order valence-electron chi connectivity index (χ4n) is 2.37. The number of nitrogens with zero attached hydrogens (tertiary/aromatic N) is 3. The van der Waals surface area contributed by atoms with Gasteiger partial charge in [-0.15, -0.1) is 22.7 Å². The first-order chi connectivity index (χ1) is 11.1. The van der Waals surface area contributed by atoms with Crippen molar-refractivity contribution in [3.63, 3.8) is 0 Å². The molecule has 3 rings (SSSR count). The number of hydrogen-bond acceptors (Lipinski definition) is 5. The van der Waals surface area contributed by atoms with Gasteiger partial charge in [-0.3, -0.25) is 4.79 Å². The Bertz CT molecular complexity index is 782. The number of aryl methyl sites for hydroxylation is 2. The van der Waals surface area contributed by atoms with Gasteiger partial charge in [-0.1, -0.05) is 30.3 Å². The molecule has 2 aromatic heterocycles. The average molecular weight is 343 g/mol. The highest BCUT2D eigenvalue weighted by Gasteiger charge is 2.22. The van der Waals surface area contributed by atoms with E-state index in [9.17, 15) is 4.79 Å². The van der Waals surface area contributed by atoms with Crippen LogP contribution in [0.3, 0.4) is 0 Å². The fraction of sp³-hybridized carbons (Fsp3) is 0.235. The van der Waals surface area contributed by atoms with Gasteiger partial charge >= 0.3 is 0 Å². The lowest BCUT2D eigenvalue weighted by molar-refractivity contribution is 0.0724. The van der Waals surface area contributed by atoms with Crippen molar-refractivity contribution in [3.05, 3.63) is 68.1 Å². The molecular formula is C17H17N3OS2. The second-order valence-corrected chi connectivity index (χ2v) is 7.60. The molecule has 0 bridgehead atoms. The van der Waals surface area contributed by atoms with Crippen molar-refractivity contribution in [2.75, 3.05) is 0 Å². The van der Waals surface area contributed by atoms with E-state index in [1.165, 1.54) is 0 Å². The first-order valence-electron chi connectivity index (χ1n) is 7.29. The SMILES string of the molecule is Cc1nc(C(=O)N(Cc2ccccc2)Cc2nccs2)c(C)s1. The maximum absolute atomic E-state index is 13.0. The smallest absolute Gasteiger partial charge is 0.274 e. The molecule has 0 saturated carbocycles. The molecule has 0 fully saturated rings. The summed E-state index contributed by atoms with van der Waals surface area (Å²) >= 11 is 3.12. The van der Waals surface area contributed by atoms with E-state index in [0.29, 0.717) is 18.8 Å². The van der Waals surface area contributed by atoms with Crippen LogP contribution in [0.5, 0.6) is 0 Å². The Hall–Kier alpha value is -2.05. The predicted molar refractivity (Wildman–Crippen MR) is 93.7 cm³/mol. The van der Waals surface area contributed by atoms with Crippen LogP contribution >= 0.6 is 22.7 Å². The zero-order valence-electron chi connectivity index (χ0n) is 13.0. The molecule has 0 aliphatic heterocycles. The monoisotopic (exact) mass is 343 g/mol. The summed E-state index contributed by atoms with van der Waals surface area (Å²) < 4.78 is 0. The van der Waals surface area contributed by atoms with Crippen LogP contribution in [0.4, 0.5) is 0 Å². The van der Waals surface area contributed by atoms with Crippen LogP contribution < -0.4 is 0 Å². The maximum atomic E-state index is 13.0. The highest BCUT2D eigenvalue weighted by molar-refractivity contribution is 7.11. The summed E-state index contributed by atoms with van der Waals surface area (Å²) in [5.74, 6) is -0.0362. The minimum absolute atomic E-state index is 0.0362. The Morgan fingerprint density at radius 1 is 1.17 bits per heavy atom. The molecule has 6 heteroatoms. The van der Waals surface area contributed by atoms with E-state index >= 15 is 0 Å². The molecule has 0 aliphatic carbocycles. The second-order valence-electron chi connectivity index (χ2n) is 5.21. The minimum atomic E-state index is -0.0362. The van der Waals surface area contributed by atoms with Crippen molar-refractivity contribution in [2.24, 2.45) is 0 Å². The van der Waals surface area contributed by atoms with E-state index in [-0.39, 0.29) is 5.91 Å². The summed E-state index contributed by atoms with van der Waals surface area (Å²) in [6.07, 6.45) is 1.77. The molecule has 0 saturated heterocycles. The van der Waals surface area contributed by atoms with Gasteiger partial charge in [0, 0.05) is 23.0 Å². The van der Waals surface area contributed by atoms with Crippen molar-refractivity contribution in [1.29, 1.82) is 0 Å². The number of carbonyl (C=O) groups is 1. The Morgan fingerprint density at radius 2 is 1.96 bits per heavy atom. The Labute approximate surface area is 143 Å². The van der Waals surface area contributed by atoms with E-state index in [4.69, 9.17) is 0 Å². The summed E-state index contributed by atoms with van der Waals surface area (Å²) in [7, 11) is 0. The number of hydrogen-bond donors (Lipinski definition) is 0. The highest BCUT2D eigenvalue weighted by atomic mass is 32.1. The van der Waals surface area contributed by atoms with Gasteiger partial charge in [-0.25, -0.2) is 9.97 Å². The van der Waals surface area contributed by atoms with E-state index in [2.05, 4.69) is 9.97 Å². The molecule has 0 spiro atoms. The topological polar surface area (TPSA) is 46.1 Å². The lowest BCUT2D eigenvalue weighted by Gasteiger charge is -2.21. The molecule has 23 heavy (non-hydrogen) atoms. The third-order valence-electron chi connectivity index (χ3n) is 3.42. The summed E-state index contributed by atoms with van der Waals surface area (Å²) in [4.78, 5) is 24.5. The van der Waals surface area contributed by atoms with Gasteiger partial charge in [-0.05, 0) is 19.4 Å². The first kappa shape index (κ1) is 15.8. The van der Waals surface area contributed by atoms with Gasteiger partial charge in [-0.2, -0.15) is 0 Å². The molecule has 0 aliphatic rings. The lowest BCUT2D eigenvalue weighted by Crippen LogP contribution is -2.30. The van der Waals surface area contributed by atoms with Crippen LogP contribution in [0, 0.1) is 13.8 Å². The Morgan fingerprint density at radius 3 is 2.57 bits per heavy atom. The fourth-order valence-corrected chi connectivity index (χ4v) is 3.82. The molecular weight excluding hydrogens is 326 g/mol. The van der Waals surface area contributed by atoms with Crippen LogP contribution in [0.15, 0.2) is 41.9 Å². The summed E-state index contributed by atoms with van der Waals surface area (Å²) in [5.41, 5.74) is 1.65. The molecule has 118 valence electrons. The average Bonchev–Trinajstić information content (AvgIpc) is 3.16. The third-order valence-corrected chi connectivity index (χ3v) is 5.07. The number of rotatable bonds is 5. The van der Waals surface area contributed by atoms with Crippen LogP contribution in [0.1, 0.15) is 30.9 Å². The van der Waals surface area contributed by atoms with Crippen molar-refractivity contribution in [3.8, 4) is 0 Å². The standard InChI is InChI=1S/C17H17N3OS2/c1-12-16(19-13(2)23-12)17(21)20(11-15-18-8-9-22-15)10-14-6-4-3-5-7-14/h3-9H,10-11H2,1-2H3. The number of amides is 1. The molecule has 0 unspecified atom stereocenters. The second kappa shape index (κ2) is 7.02. The van der Waals surface area contributed by atoms with Gasteiger partial charge in [0.1, 0.15) is 10.7 Å². The van der Waals surface area contributed by atoms with E-state index in [0.717, 1.165) is 20.5 Å². The molecule has 0 N–H and O–H groups in total. The number of benzene rings is 1. The third kappa shape index (κ3) is 3.83. The van der Waals surface area contributed by atoms with Crippen LogP contribution in [-0.4, -0.2) is 20.8 Å². The van der Waals surface area contributed by atoms with E-state index in [1.54, 1.807) is 28.9 Å². The van der Waals surface area contributed by atoms with Crippen molar-refractivity contribution in [2.45, 2.75) is 26.9 Å². The van der Waals surface area contributed by atoms with Crippen LogP contribution in [-0.2, 0) is 13.1 Å². The van der Waals surface area contributed by atoms with Crippen molar-refractivity contribution in [1.82, 2.24) is 14.9 Å². The Balaban J connectivity index is 1.87. The van der Waals surface area contributed by atoms with Crippen LogP contribution in [0.25, 0.3) is 0 Å². The van der Waals surface area contributed by atoms with Gasteiger partial charge in [0.15, 0.2) is 0 Å². The van der Waals surface area contributed by atoms with Crippen molar-refractivity contribution >= 4 is 28.6 Å². The van der Waals surface area contributed by atoms with Crippen molar-refractivity contribution < 1.29 is 4.79 Å². The summed E-state index contributed by atoms with van der Waals surface area (Å²) in [6, 6.07) is 10.0. The molecule has 1 aromatic carbocycles. The maximum Gasteiger partial charge on any atom is 0.274 e. The van der Waals surface area contributed by atoms with E-state index in [1.807, 2.05) is 54.5 Å². The molecule has 0 atom stereocenters. The molecule has 3 aromatic rings. The quantitative estimate of drug-likeness (QED) is 0.702. The molecule has 4 nitrogen and oxygen atoms in total. The number of thiazole rings is 2. The summed E-state index contributed by atoms with van der Waals surface area (Å²) in [5, 5.41) is 3.78. The van der Waals surface area contributed by atoms with Gasteiger partial charge in [0.2, 0.25) is 0 Å². The zero-order chi connectivity index (χ0) is 16.2. The first-order valence-corrected chi connectivity index (χ1v) is 8.98. The van der Waals surface area contributed by atoms with Crippen LogP contribution in [0.2, 0.25) is 0 Å². The molecule has 2 heterocycles. The normalized spacial score (nSPS) is 10.7. The predicted octanol–water partition coefficient (Wildman–Crippen LogP) is 4.06. The minimum Gasteiger partial charge on any atom is -0.326 e. The zero-order valence-corrected chi connectivity index (χ0v) is 14.7. The number of aromatic nitrogens is 2. The molecule has 1 amide bonds. The highest BCUT2D eigenvalue weighted by Crippen LogP contribution is 2.21. The lowest BCUT2D eigenvalue weighted by atomic mass is 10.2.